The second-order valence-corrected chi connectivity index (χ2v) is 5.35. The Morgan fingerprint density at radius 2 is 2.32 bits per heavy atom. The van der Waals surface area contributed by atoms with E-state index in [2.05, 4.69) is 6.07 Å². The first kappa shape index (κ1) is 13.6. The fraction of sp³-hybridized carbons (Fsp3) is 0.357. The van der Waals surface area contributed by atoms with Crippen molar-refractivity contribution in [3.63, 3.8) is 0 Å². The molecule has 0 N–H and O–H groups in total. The van der Waals surface area contributed by atoms with Gasteiger partial charge in [0.15, 0.2) is 5.78 Å². The molecule has 0 saturated carbocycles. The third-order valence-electron chi connectivity index (χ3n) is 2.98. The maximum absolute atomic E-state index is 11.9. The Labute approximate surface area is 116 Å². The molecule has 1 heterocycles. The lowest BCUT2D eigenvalue weighted by Gasteiger charge is -2.29. The molecule has 98 valence electrons. The summed E-state index contributed by atoms with van der Waals surface area (Å²) >= 11 is 1.46. The van der Waals surface area contributed by atoms with Gasteiger partial charge in [0, 0.05) is 23.4 Å². The summed E-state index contributed by atoms with van der Waals surface area (Å²) in [6, 6.07) is 7.49. The van der Waals surface area contributed by atoms with Gasteiger partial charge in [0.2, 0.25) is 5.91 Å². The van der Waals surface area contributed by atoms with Crippen molar-refractivity contribution in [2.75, 3.05) is 17.2 Å². The SMILES string of the molecule is CC(=O)c1ccc2c(c1)SCC(=O)N2CCCC#N. The van der Waals surface area contributed by atoms with Gasteiger partial charge in [-0.3, -0.25) is 9.59 Å². The second-order valence-electron chi connectivity index (χ2n) is 4.33. The molecular formula is C14H14N2O2S. The van der Waals surface area contributed by atoms with E-state index in [1.807, 2.05) is 12.1 Å². The van der Waals surface area contributed by atoms with Gasteiger partial charge in [0.1, 0.15) is 0 Å². The summed E-state index contributed by atoms with van der Waals surface area (Å²) in [5.74, 6) is 0.475. The number of carbonyl (C=O) groups is 2. The van der Waals surface area contributed by atoms with Gasteiger partial charge >= 0.3 is 0 Å². The molecule has 1 amide bonds. The number of Topliss-reactive ketones (excluding diaryl/α,β-unsaturated/α-hetero) is 1. The first-order valence-electron chi connectivity index (χ1n) is 6.08. The summed E-state index contributed by atoms with van der Waals surface area (Å²) in [5.41, 5.74) is 1.52. The zero-order valence-electron chi connectivity index (χ0n) is 10.7. The summed E-state index contributed by atoms with van der Waals surface area (Å²) < 4.78 is 0. The number of thioether (sulfide) groups is 1. The van der Waals surface area contributed by atoms with Crippen molar-refractivity contribution in [3.05, 3.63) is 23.8 Å². The molecule has 1 aromatic carbocycles. The normalized spacial score (nSPS) is 13.9. The predicted molar refractivity (Wildman–Crippen MR) is 74.4 cm³/mol. The number of hydrogen-bond acceptors (Lipinski definition) is 4. The number of hydrogen-bond donors (Lipinski definition) is 0. The van der Waals surface area contributed by atoms with E-state index >= 15 is 0 Å². The van der Waals surface area contributed by atoms with Crippen molar-refractivity contribution < 1.29 is 9.59 Å². The van der Waals surface area contributed by atoms with Gasteiger partial charge in [-0.1, -0.05) is 0 Å². The van der Waals surface area contributed by atoms with Crippen molar-refractivity contribution in [3.8, 4) is 6.07 Å². The fourth-order valence-electron chi connectivity index (χ4n) is 1.98. The van der Waals surface area contributed by atoms with Crippen LogP contribution < -0.4 is 4.90 Å². The third kappa shape index (κ3) is 2.96. The Kier molecular flexibility index (Phi) is 4.23. The lowest BCUT2D eigenvalue weighted by Crippen LogP contribution is -2.36. The number of carbonyl (C=O) groups excluding carboxylic acids is 2. The average Bonchev–Trinajstić information content (AvgIpc) is 2.40. The summed E-state index contributed by atoms with van der Waals surface area (Å²) in [6.07, 6.45) is 1.11. The summed E-state index contributed by atoms with van der Waals surface area (Å²) in [6.45, 7) is 2.09. The second kappa shape index (κ2) is 5.89. The largest absolute Gasteiger partial charge is 0.311 e. The van der Waals surface area contributed by atoms with Crippen LogP contribution in [0.15, 0.2) is 23.1 Å². The van der Waals surface area contributed by atoms with Crippen LogP contribution in [0, 0.1) is 11.3 Å². The van der Waals surface area contributed by atoms with Crippen molar-refractivity contribution in [2.24, 2.45) is 0 Å². The zero-order valence-corrected chi connectivity index (χ0v) is 11.5. The molecule has 1 aliphatic rings. The molecule has 0 spiro atoms. The molecule has 1 aliphatic heterocycles. The summed E-state index contributed by atoms with van der Waals surface area (Å²) in [7, 11) is 0. The quantitative estimate of drug-likeness (QED) is 0.625. The number of nitrogens with zero attached hydrogens (tertiary/aromatic N) is 2. The number of anilines is 1. The van der Waals surface area contributed by atoms with Gasteiger partial charge in [0.25, 0.3) is 0 Å². The topological polar surface area (TPSA) is 61.2 Å². The molecule has 0 bridgehead atoms. The molecule has 19 heavy (non-hydrogen) atoms. The first-order chi connectivity index (χ1) is 9.13. The van der Waals surface area contributed by atoms with E-state index in [-0.39, 0.29) is 11.7 Å². The Bertz CT molecular complexity index is 563. The van der Waals surface area contributed by atoms with Gasteiger partial charge in [-0.2, -0.15) is 5.26 Å². The van der Waals surface area contributed by atoms with Crippen LogP contribution in [0.2, 0.25) is 0 Å². The monoisotopic (exact) mass is 274 g/mol. The standard InChI is InChI=1S/C14H14N2O2S/c1-10(17)11-4-5-12-13(8-11)19-9-14(18)16(12)7-3-2-6-15/h4-5,8H,2-3,7,9H2,1H3. The van der Waals surface area contributed by atoms with Crippen LogP contribution in [-0.4, -0.2) is 24.0 Å². The molecule has 2 rings (SSSR count). The maximum atomic E-state index is 11.9. The summed E-state index contributed by atoms with van der Waals surface area (Å²) in [5, 5.41) is 8.56. The molecule has 0 unspecified atom stereocenters. The molecule has 0 fully saturated rings. The first-order valence-corrected chi connectivity index (χ1v) is 7.07. The van der Waals surface area contributed by atoms with Crippen LogP contribution in [0.3, 0.4) is 0 Å². The van der Waals surface area contributed by atoms with Crippen LogP contribution in [0.5, 0.6) is 0 Å². The third-order valence-corrected chi connectivity index (χ3v) is 4.01. The van der Waals surface area contributed by atoms with Crippen LogP contribution in [0.25, 0.3) is 0 Å². The van der Waals surface area contributed by atoms with Crippen LogP contribution in [-0.2, 0) is 4.79 Å². The van der Waals surface area contributed by atoms with Gasteiger partial charge in [0.05, 0.1) is 17.5 Å². The fourth-order valence-corrected chi connectivity index (χ4v) is 2.96. The Morgan fingerprint density at radius 3 is 3.00 bits per heavy atom. The molecule has 5 heteroatoms. The van der Waals surface area contributed by atoms with Crippen LogP contribution >= 0.6 is 11.8 Å². The molecule has 0 aliphatic carbocycles. The van der Waals surface area contributed by atoms with Gasteiger partial charge < -0.3 is 4.90 Å². The highest BCUT2D eigenvalue weighted by molar-refractivity contribution is 8.00. The van der Waals surface area contributed by atoms with Crippen molar-refractivity contribution in [1.82, 2.24) is 0 Å². The van der Waals surface area contributed by atoms with Crippen molar-refractivity contribution >= 4 is 29.1 Å². The number of rotatable bonds is 4. The van der Waals surface area contributed by atoms with Gasteiger partial charge in [-0.05, 0) is 31.5 Å². The Morgan fingerprint density at radius 1 is 1.53 bits per heavy atom. The lowest BCUT2D eigenvalue weighted by atomic mass is 10.1. The average molecular weight is 274 g/mol. The van der Waals surface area contributed by atoms with E-state index in [4.69, 9.17) is 5.26 Å². The van der Waals surface area contributed by atoms with Gasteiger partial charge in [-0.25, -0.2) is 0 Å². The highest BCUT2D eigenvalue weighted by Gasteiger charge is 2.24. The van der Waals surface area contributed by atoms with E-state index < -0.39 is 0 Å². The molecule has 4 nitrogen and oxygen atoms in total. The van der Waals surface area contributed by atoms with E-state index in [1.165, 1.54) is 18.7 Å². The van der Waals surface area contributed by atoms with E-state index in [0.717, 1.165) is 10.6 Å². The number of amides is 1. The van der Waals surface area contributed by atoms with Crippen LogP contribution in [0.4, 0.5) is 5.69 Å². The van der Waals surface area contributed by atoms with Crippen molar-refractivity contribution in [2.45, 2.75) is 24.7 Å². The van der Waals surface area contributed by atoms with E-state index in [0.29, 0.717) is 30.7 Å². The molecule has 0 atom stereocenters. The highest BCUT2D eigenvalue weighted by Crippen LogP contribution is 2.36. The Balaban J connectivity index is 2.26. The van der Waals surface area contributed by atoms with Crippen molar-refractivity contribution in [1.29, 1.82) is 5.26 Å². The zero-order chi connectivity index (χ0) is 13.8. The minimum Gasteiger partial charge on any atom is -0.311 e. The number of unbranched alkanes of at least 4 members (excludes halogenated alkanes) is 1. The molecule has 1 aromatic rings. The minimum absolute atomic E-state index is 0.0244. The number of nitriles is 1. The Hall–Kier alpha value is -1.80. The number of ketones is 1. The summed E-state index contributed by atoms with van der Waals surface area (Å²) in [4.78, 5) is 26.0. The lowest BCUT2D eigenvalue weighted by molar-refractivity contribution is -0.116. The number of fused-ring (bicyclic) bond motifs is 1. The van der Waals surface area contributed by atoms with E-state index in [9.17, 15) is 9.59 Å². The van der Waals surface area contributed by atoms with Crippen LogP contribution in [0.1, 0.15) is 30.1 Å². The molecular weight excluding hydrogens is 260 g/mol. The van der Waals surface area contributed by atoms with Gasteiger partial charge in [-0.15, -0.1) is 11.8 Å². The smallest absolute Gasteiger partial charge is 0.237 e. The molecule has 0 saturated heterocycles. The highest BCUT2D eigenvalue weighted by atomic mass is 32.2. The number of benzene rings is 1. The molecule has 0 aromatic heterocycles. The minimum atomic E-state index is 0.0244. The molecule has 0 radical (unpaired) electrons. The van der Waals surface area contributed by atoms with E-state index in [1.54, 1.807) is 11.0 Å². The maximum Gasteiger partial charge on any atom is 0.237 e. The predicted octanol–water partition coefficient (Wildman–Crippen LogP) is 2.63.